The number of aliphatic imine (C=N–C) groups is 1. The molecule has 0 aliphatic heterocycles. The van der Waals surface area contributed by atoms with Gasteiger partial charge in [0.05, 0.1) is 6.61 Å². The summed E-state index contributed by atoms with van der Waals surface area (Å²) in [5.41, 5.74) is 3.68. The molecule has 0 saturated carbocycles. The number of aliphatic hydroxyl groups is 1. The van der Waals surface area contributed by atoms with Crippen molar-refractivity contribution in [2.75, 3.05) is 14.1 Å². The second-order valence-electron chi connectivity index (χ2n) is 5.77. The minimum absolute atomic E-state index is 0.303. The number of halogens is 1. The highest BCUT2D eigenvalue weighted by molar-refractivity contribution is 5.79. The molecule has 24 heavy (non-hydrogen) atoms. The predicted octanol–water partition coefficient (Wildman–Crippen LogP) is 2.83. The molecule has 0 spiro atoms. The fourth-order valence-corrected chi connectivity index (χ4v) is 2.54. The van der Waals surface area contributed by atoms with E-state index in [1.54, 1.807) is 19.2 Å². The van der Waals surface area contributed by atoms with Gasteiger partial charge in [0.2, 0.25) is 0 Å². The largest absolute Gasteiger partial charge is 0.392 e. The maximum absolute atomic E-state index is 13.4. The van der Waals surface area contributed by atoms with Gasteiger partial charge in [-0.05, 0) is 35.7 Å². The van der Waals surface area contributed by atoms with Crippen LogP contribution in [0.15, 0.2) is 47.5 Å². The molecule has 0 heterocycles. The Morgan fingerprint density at radius 2 is 1.96 bits per heavy atom. The highest BCUT2D eigenvalue weighted by atomic mass is 19.1. The van der Waals surface area contributed by atoms with Gasteiger partial charge in [0, 0.05) is 32.7 Å². The topological polar surface area (TPSA) is 47.9 Å². The molecule has 0 amide bonds. The van der Waals surface area contributed by atoms with Crippen LogP contribution in [-0.2, 0) is 19.7 Å². The van der Waals surface area contributed by atoms with E-state index in [1.807, 2.05) is 24.1 Å². The molecule has 2 rings (SSSR count). The lowest BCUT2D eigenvalue weighted by Crippen LogP contribution is -2.38. The van der Waals surface area contributed by atoms with Crippen LogP contribution in [0.5, 0.6) is 0 Å². The molecule has 0 unspecified atom stereocenters. The summed E-state index contributed by atoms with van der Waals surface area (Å²) in [6, 6.07) is 13.0. The van der Waals surface area contributed by atoms with Crippen molar-refractivity contribution in [3.8, 4) is 0 Å². The van der Waals surface area contributed by atoms with Gasteiger partial charge in [-0.3, -0.25) is 4.99 Å². The lowest BCUT2D eigenvalue weighted by atomic mass is 10.1. The minimum atomic E-state index is -0.387. The predicted molar refractivity (Wildman–Crippen MR) is 95.2 cm³/mol. The first-order valence-electron chi connectivity index (χ1n) is 7.89. The van der Waals surface area contributed by atoms with Gasteiger partial charge in [0.25, 0.3) is 0 Å². The monoisotopic (exact) mass is 329 g/mol. The average Bonchev–Trinajstić information content (AvgIpc) is 2.58. The van der Waals surface area contributed by atoms with E-state index < -0.39 is 0 Å². The molecule has 0 aromatic heterocycles. The summed E-state index contributed by atoms with van der Waals surface area (Å²) < 4.78 is 13.4. The third-order valence-corrected chi connectivity index (χ3v) is 3.97. The number of aliphatic hydroxyl groups excluding tert-OH is 1. The van der Waals surface area contributed by atoms with E-state index in [0.29, 0.717) is 12.1 Å². The van der Waals surface area contributed by atoms with E-state index in [0.717, 1.165) is 18.1 Å². The Morgan fingerprint density at radius 3 is 2.62 bits per heavy atom. The molecule has 0 aliphatic carbocycles. The summed E-state index contributed by atoms with van der Waals surface area (Å²) in [7, 11) is 3.71. The average molecular weight is 329 g/mol. The maximum atomic E-state index is 13.4. The van der Waals surface area contributed by atoms with E-state index in [4.69, 9.17) is 5.11 Å². The van der Waals surface area contributed by atoms with Gasteiger partial charge in [0.1, 0.15) is 5.82 Å². The van der Waals surface area contributed by atoms with Gasteiger partial charge < -0.3 is 15.3 Å². The lowest BCUT2D eigenvalue weighted by Gasteiger charge is -2.23. The fourth-order valence-electron chi connectivity index (χ4n) is 2.54. The van der Waals surface area contributed by atoms with Crippen molar-refractivity contribution >= 4 is 5.96 Å². The van der Waals surface area contributed by atoms with Crippen molar-refractivity contribution in [3.63, 3.8) is 0 Å². The molecule has 2 aromatic carbocycles. The lowest BCUT2D eigenvalue weighted by molar-refractivity contribution is 0.275. The van der Waals surface area contributed by atoms with Gasteiger partial charge in [-0.2, -0.15) is 0 Å². The standard InChI is InChI=1S/C19H24FN3O/c1-14-6-4-5-7-16(14)12-23(3)19(21-2)22-11-15-8-9-18(20)17(10-15)13-24/h4-10,24H,11-13H2,1-3H3,(H,21,22). The first-order chi connectivity index (χ1) is 11.5. The van der Waals surface area contributed by atoms with Gasteiger partial charge in [0.15, 0.2) is 5.96 Å². The molecule has 0 radical (unpaired) electrons. The van der Waals surface area contributed by atoms with Crippen LogP contribution in [0, 0.1) is 12.7 Å². The Morgan fingerprint density at radius 1 is 1.21 bits per heavy atom. The molecule has 0 fully saturated rings. The number of benzene rings is 2. The van der Waals surface area contributed by atoms with E-state index in [1.165, 1.54) is 17.2 Å². The van der Waals surface area contributed by atoms with Crippen LogP contribution >= 0.6 is 0 Å². The van der Waals surface area contributed by atoms with Gasteiger partial charge in [-0.15, -0.1) is 0 Å². The number of guanidine groups is 1. The Labute approximate surface area is 142 Å². The van der Waals surface area contributed by atoms with Gasteiger partial charge in [-0.25, -0.2) is 4.39 Å². The van der Waals surface area contributed by atoms with Gasteiger partial charge >= 0.3 is 0 Å². The van der Waals surface area contributed by atoms with Gasteiger partial charge in [-0.1, -0.05) is 30.3 Å². The molecule has 2 N–H and O–H groups in total. The molecule has 0 saturated heterocycles. The number of aryl methyl sites for hydroxylation is 1. The van der Waals surface area contributed by atoms with Crippen molar-refractivity contribution in [3.05, 3.63) is 70.5 Å². The summed E-state index contributed by atoms with van der Waals surface area (Å²) in [4.78, 5) is 6.34. The number of rotatable bonds is 5. The zero-order chi connectivity index (χ0) is 17.5. The molecule has 4 nitrogen and oxygen atoms in total. The minimum Gasteiger partial charge on any atom is -0.392 e. The third kappa shape index (κ3) is 4.55. The Bertz CT molecular complexity index is 716. The summed E-state index contributed by atoms with van der Waals surface area (Å²) in [6.45, 7) is 3.05. The zero-order valence-corrected chi connectivity index (χ0v) is 14.4. The molecule has 5 heteroatoms. The highest BCUT2D eigenvalue weighted by Crippen LogP contribution is 2.12. The smallest absolute Gasteiger partial charge is 0.193 e. The van der Waals surface area contributed by atoms with Crippen molar-refractivity contribution in [2.24, 2.45) is 4.99 Å². The molecular weight excluding hydrogens is 305 g/mol. The first-order valence-corrected chi connectivity index (χ1v) is 7.89. The molecule has 128 valence electrons. The van der Waals surface area contributed by atoms with E-state index in [9.17, 15) is 4.39 Å². The van der Waals surface area contributed by atoms with Crippen LogP contribution in [0.25, 0.3) is 0 Å². The third-order valence-electron chi connectivity index (χ3n) is 3.97. The number of nitrogens with one attached hydrogen (secondary N) is 1. The van der Waals surface area contributed by atoms with Crippen LogP contribution in [0.2, 0.25) is 0 Å². The van der Waals surface area contributed by atoms with Crippen molar-refractivity contribution in [2.45, 2.75) is 26.6 Å². The normalized spacial score (nSPS) is 11.5. The molecule has 0 bridgehead atoms. The summed E-state index contributed by atoms with van der Waals surface area (Å²) in [5.74, 6) is 0.371. The number of hydrogen-bond donors (Lipinski definition) is 2. The van der Waals surface area contributed by atoms with E-state index in [-0.39, 0.29) is 12.4 Å². The van der Waals surface area contributed by atoms with Crippen molar-refractivity contribution in [1.29, 1.82) is 0 Å². The highest BCUT2D eigenvalue weighted by Gasteiger charge is 2.09. The van der Waals surface area contributed by atoms with E-state index >= 15 is 0 Å². The quantitative estimate of drug-likeness (QED) is 0.655. The molecule has 2 aromatic rings. The molecular formula is C19H24FN3O. The summed E-state index contributed by atoms with van der Waals surface area (Å²) >= 11 is 0. The number of nitrogens with zero attached hydrogens (tertiary/aromatic N) is 2. The Balaban J connectivity index is 2.00. The maximum Gasteiger partial charge on any atom is 0.193 e. The van der Waals surface area contributed by atoms with Crippen LogP contribution in [-0.4, -0.2) is 30.1 Å². The van der Waals surface area contributed by atoms with Crippen molar-refractivity contribution in [1.82, 2.24) is 10.2 Å². The zero-order valence-electron chi connectivity index (χ0n) is 14.4. The second kappa shape index (κ2) is 8.45. The van der Waals surface area contributed by atoms with Crippen LogP contribution in [0.3, 0.4) is 0 Å². The summed E-state index contributed by atoms with van der Waals surface area (Å²) in [6.07, 6.45) is 0. The van der Waals surface area contributed by atoms with Crippen LogP contribution < -0.4 is 5.32 Å². The summed E-state index contributed by atoms with van der Waals surface area (Å²) in [5, 5.41) is 12.4. The van der Waals surface area contributed by atoms with Crippen molar-refractivity contribution < 1.29 is 9.50 Å². The Kier molecular flexibility index (Phi) is 6.32. The second-order valence-corrected chi connectivity index (χ2v) is 5.77. The SMILES string of the molecule is CN=C(NCc1ccc(F)c(CO)c1)N(C)Cc1ccccc1C. The fraction of sp³-hybridized carbons (Fsp3) is 0.316. The Hall–Kier alpha value is -2.40. The molecule has 0 aliphatic rings. The van der Waals surface area contributed by atoms with E-state index in [2.05, 4.69) is 29.4 Å². The molecule has 0 atom stereocenters. The number of hydrogen-bond acceptors (Lipinski definition) is 2. The first kappa shape index (κ1) is 17.9. The van der Waals surface area contributed by atoms with Crippen LogP contribution in [0.1, 0.15) is 22.3 Å². The van der Waals surface area contributed by atoms with Crippen LogP contribution in [0.4, 0.5) is 4.39 Å².